The minimum absolute atomic E-state index is 0.0696. The fourth-order valence-corrected chi connectivity index (χ4v) is 5.47. The van der Waals surface area contributed by atoms with Gasteiger partial charge < -0.3 is 14.6 Å². The number of carbonyl (C=O) groups excluding carboxylic acids is 1. The molecule has 0 amide bonds. The number of sulfone groups is 1. The Morgan fingerprint density at radius 2 is 1.75 bits per heavy atom. The minimum Gasteiger partial charge on any atom is -0.494 e. The quantitative estimate of drug-likeness (QED) is 0.486. The van der Waals surface area contributed by atoms with E-state index in [0.717, 1.165) is 24.0 Å². The van der Waals surface area contributed by atoms with Crippen molar-refractivity contribution in [1.82, 2.24) is 4.90 Å². The summed E-state index contributed by atoms with van der Waals surface area (Å²) in [7, 11) is -3.05. The van der Waals surface area contributed by atoms with Crippen LogP contribution in [0.3, 0.4) is 0 Å². The van der Waals surface area contributed by atoms with Crippen LogP contribution in [0.1, 0.15) is 35.7 Å². The molecule has 1 fully saturated rings. The number of aliphatic hydroxyl groups is 1. The van der Waals surface area contributed by atoms with Crippen molar-refractivity contribution in [2.24, 2.45) is 0 Å². The molecule has 1 saturated heterocycles. The van der Waals surface area contributed by atoms with Crippen LogP contribution in [-0.2, 0) is 16.4 Å². The Bertz CT molecular complexity index is 959. The number of carbonyl (C=O) groups is 1. The summed E-state index contributed by atoms with van der Waals surface area (Å²) in [4.78, 5) is 12.8. The first-order valence-corrected chi connectivity index (χ1v) is 12.7. The second-order valence-electron chi connectivity index (χ2n) is 8.13. The minimum atomic E-state index is -3.05. The molecule has 1 heterocycles. The molecule has 0 spiro atoms. The number of aldehydes is 1. The first kappa shape index (κ1) is 24.2. The summed E-state index contributed by atoms with van der Waals surface area (Å²) < 4.78 is 35.3. The summed E-state index contributed by atoms with van der Waals surface area (Å²) in [5.41, 5.74) is 1.58. The molecule has 0 radical (unpaired) electrons. The van der Waals surface area contributed by atoms with Crippen LogP contribution in [0, 0.1) is 0 Å². The predicted octanol–water partition coefficient (Wildman–Crippen LogP) is 2.72. The van der Waals surface area contributed by atoms with Crippen molar-refractivity contribution >= 4 is 16.1 Å². The van der Waals surface area contributed by atoms with E-state index in [1.165, 1.54) is 0 Å². The fourth-order valence-electron chi connectivity index (χ4n) is 3.71. The molecule has 0 aromatic heterocycles. The first-order valence-electron chi connectivity index (χ1n) is 10.9. The highest BCUT2D eigenvalue weighted by atomic mass is 32.2. The van der Waals surface area contributed by atoms with Gasteiger partial charge in [-0.3, -0.25) is 9.69 Å². The molecule has 2 unspecified atom stereocenters. The van der Waals surface area contributed by atoms with Gasteiger partial charge in [-0.1, -0.05) is 19.1 Å². The van der Waals surface area contributed by atoms with E-state index in [-0.39, 0.29) is 24.2 Å². The highest BCUT2D eigenvalue weighted by molar-refractivity contribution is 7.91. The van der Waals surface area contributed by atoms with Crippen molar-refractivity contribution in [2.75, 3.05) is 31.3 Å². The molecule has 174 valence electrons. The molecule has 32 heavy (non-hydrogen) atoms. The lowest BCUT2D eigenvalue weighted by Crippen LogP contribution is -2.42. The second kappa shape index (κ2) is 11.4. The highest BCUT2D eigenvalue weighted by Crippen LogP contribution is 2.22. The van der Waals surface area contributed by atoms with E-state index < -0.39 is 15.9 Å². The van der Waals surface area contributed by atoms with E-state index in [1.807, 2.05) is 29.2 Å². The third-order valence-electron chi connectivity index (χ3n) is 5.41. The first-order chi connectivity index (χ1) is 15.4. The summed E-state index contributed by atoms with van der Waals surface area (Å²) >= 11 is 0. The van der Waals surface area contributed by atoms with Crippen LogP contribution >= 0.6 is 0 Å². The maximum Gasteiger partial charge on any atom is 0.151 e. The van der Waals surface area contributed by atoms with Gasteiger partial charge in [-0.15, -0.1) is 0 Å². The Labute approximate surface area is 189 Å². The van der Waals surface area contributed by atoms with Crippen LogP contribution in [0.15, 0.2) is 48.5 Å². The van der Waals surface area contributed by atoms with Gasteiger partial charge in [-0.2, -0.15) is 0 Å². The average molecular weight is 462 g/mol. The number of hydrogen-bond acceptors (Lipinski definition) is 7. The van der Waals surface area contributed by atoms with Crippen molar-refractivity contribution in [3.05, 3.63) is 59.7 Å². The standard InChI is InChI=1S/C24H31NO6S/c1-2-12-30-23-7-3-19(4-8-23)14-25(21-11-13-32(28,29)18-21)15-22(27)17-31-24-9-5-20(16-26)6-10-24/h3-10,16,21-22,27H,2,11-15,17-18H2,1H3. The number of hydrogen-bond donors (Lipinski definition) is 1. The summed E-state index contributed by atoms with van der Waals surface area (Å²) in [5, 5.41) is 10.6. The summed E-state index contributed by atoms with van der Waals surface area (Å²) in [6, 6.07) is 14.3. The van der Waals surface area contributed by atoms with Gasteiger partial charge in [0, 0.05) is 24.7 Å². The van der Waals surface area contributed by atoms with Crippen LogP contribution in [0.4, 0.5) is 0 Å². The van der Waals surface area contributed by atoms with Gasteiger partial charge in [0.05, 0.1) is 18.1 Å². The molecule has 8 heteroatoms. The molecule has 2 atom stereocenters. The molecular formula is C24H31NO6S. The number of benzene rings is 2. The van der Waals surface area contributed by atoms with Gasteiger partial charge in [0.15, 0.2) is 9.84 Å². The van der Waals surface area contributed by atoms with Crippen molar-refractivity contribution in [1.29, 1.82) is 0 Å². The lowest BCUT2D eigenvalue weighted by molar-refractivity contribution is 0.0524. The Morgan fingerprint density at radius 3 is 2.34 bits per heavy atom. The predicted molar refractivity (Wildman–Crippen MR) is 123 cm³/mol. The Kier molecular flexibility index (Phi) is 8.67. The summed E-state index contributed by atoms with van der Waals surface area (Å²) in [6.45, 7) is 3.60. The van der Waals surface area contributed by atoms with Crippen molar-refractivity contribution in [2.45, 2.75) is 38.5 Å². The number of rotatable bonds is 12. The van der Waals surface area contributed by atoms with E-state index in [1.54, 1.807) is 24.3 Å². The average Bonchev–Trinajstić information content (AvgIpc) is 3.16. The molecule has 2 aromatic rings. The number of aliphatic hydroxyl groups excluding tert-OH is 1. The molecular weight excluding hydrogens is 430 g/mol. The zero-order chi connectivity index (χ0) is 23.0. The molecule has 1 N–H and O–H groups in total. The Balaban J connectivity index is 1.62. The molecule has 1 aliphatic heterocycles. The zero-order valence-electron chi connectivity index (χ0n) is 18.4. The van der Waals surface area contributed by atoms with Gasteiger partial charge in [0.2, 0.25) is 0 Å². The number of ether oxygens (including phenoxy) is 2. The van der Waals surface area contributed by atoms with Crippen LogP contribution < -0.4 is 9.47 Å². The highest BCUT2D eigenvalue weighted by Gasteiger charge is 2.33. The summed E-state index contributed by atoms with van der Waals surface area (Å²) in [5.74, 6) is 1.64. The van der Waals surface area contributed by atoms with Gasteiger partial charge >= 0.3 is 0 Å². The number of nitrogens with zero attached hydrogens (tertiary/aromatic N) is 1. The molecule has 0 saturated carbocycles. The fraction of sp³-hybridized carbons (Fsp3) is 0.458. The zero-order valence-corrected chi connectivity index (χ0v) is 19.2. The van der Waals surface area contributed by atoms with Crippen molar-refractivity contribution in [3.63, 3.8) is 0 Å². The van der Waals surface area contributed by atoms with Gasteiger partial charge in [0.1, 0.15) is 30.5 Å². The largest absolute Gasteiger partial charge is 0.494 e. The van der Waals surface area contributed by atoms with Gasteiger partial charge in [0.25, 0.3) is 0 Å². The van der Waals surface area contributed by atoms with Crippen LogP contribution in [-0.4, -0.2) is 68.1 Å². The van der Waals surface area contributed by atoms with Crippen molar-refractivity contribution < 1.29 is 27.8 Å². The van der Waals surface area contributed by atoms with Crippen LogP contribution in [0.5, 0.6) is 11.5 Å². The normalized spacial score (nSPS) is 18.4. The molecule has 7 nitrogen and oxygen atoms in total. The molecule has 0 bridgehead atoms. The topological polar surface area (TPSA) is 93.1 Å². The molecule has 3 rings (SSSR count). The lowest BCUT2D eigenvalue weighted by Gasteiger charge is -2.30. The monoisotopic (exact) mass is 461 g/mol. The molecule has 0 aliphatic carbocycles. The Hall–Kier alpha value is -2.42. The van der Waals surface area contributed by atoms with Crippen LogP contribution in [0.2, 0.25) is 0 Å². The van der Waals surface area contributed by atoms with Gasteiger partial charge in [-0.25, -0.2) is 8.42 Å². The van der Waals surface area contributed by atoms with E-state index in [4.69, 9.17) is 9.47 Å². The molecule has 2 aromatic carbocycles. The smallest absolute Gasteiger partial charge is 0.151 e. The van der Waals surface area contributed by atoms with E-state index >= 15 is 0 Å². The third-order valence-corrected chi connectivity index (χ3v) is 7.16. The third kappa shape index (κ3) is 7.32. The van der Waals surface area contributed by atoms with Crippen molar-refractivity contribution in [3.8, 4) is 11.5 Å². The van der Waals surface area contributed by atoms with E-state index in [9.17, 15) is 18.3 Å². The maximum atomic E-state index is 12.0. The SMILES string of the molecule is CCCOc1ccc(CN(CC(O)COc2ccc(C=O)cc2)C2CCS(=O)(=O)C2)cc1. The van der Waals surface area contributed by atoms with Gasteiger partial charge in [-0.05, 0) is 54.8 Å². The van der Waals surface area contributed by atoms with Crippen LogP contribution in [0.25, 0.3) is 0 Å². The van der Waals surface area contributed by atoms with E-state index in [2.05, 4.69) is 6.92 Å². The molecule has 1 aliphatic rings. The second-order valence-corrected chi connectivity index (χ2v) is 10.4. The maximum absolute atomic E-state index is 12.0. The Morgan fingerprint density at radius 1 is 1.09 bits per heavy atom. The summed E-state index contributed by atoms with van der Waals surface area (Å²) in [6.07, 6.45) is 1.46. The lowest BCUT2D eigenvalue weighted by atomic mass is 10.1. The van der Waals surface area contributed by atoms with E-state index in [0.29, 0.717) is 37.4 Å².